The van der Waals surface area contributed by atoms with E-state index in [1.54, 1.807) is 6.20 Å². The lowest BCUT2D eigenvalue weighted by atomic mass is 10.0. The molecule has 0 aromatic carbocycles. The molecule has 1 fully saturated rings. The lowest BCUT2D eigenvalue weighted by Crippen LogP contribution is -2.46. The van der Waals surface area contributed by atoms with Crippen molar-refractivity contribution < 1.29 is 9.53 Å². The van der Waals surface area contributed by atoms with Crippen molar-refractivity contribution in [2.45, 2.75) is 18.9 Å². The predicted molar refractivity (Wildman–Crippen MR) is 75.3 cm³/mol. The molecule has 1 atom stereocenters. The van der Waals surface area contributed by atoms with Gasteiger partial charge in [-0.05, 0) is 25.5 Å². The summed E-state index contributed by atoms with van der Waals surface area (Å²) < 4.78 is 5.33. The molecule has 1 saturated heterocycles. The number of hydrogen-bond donors (Lipinski definition) is 2. The van der Waals surface area contributed by atoms with Crippen molar-refractivity contribution >= 4 is 33.1 Å². The number of nitrogens with one attached hydrogen (secondary N) is 1. The number of thiophene rings is 1. The molecule has 0 bridgehead atoms. The Morgan fingerprint density at radius 2 is 2.47 bits per heavy atom. The fourth-order valence-electron chi connectivity index (χ4n) is 2.22. The van der Waals surface area contributed by atoms with Gasteiger partial charge in [-0.15, -0.1) is 11.3 Å². The molecule has 1 unspecified atom stereocenters. The molecule has 19 heavy (non-hydrogen) atoms. The van der Waals surface area contributed by atoms with E-state index >= 15 is 0 Å². The summed E-state index contributed by atoms with van der Waals surface area (Å²) in [6.07, 6.45) is 2.52. The fraction of sp³-hybridized carbons (Fsp3) is 0.385. The summed E-state index contributed by atoms with van der Waals surface area (Å²) in [6.45, 7) is 3.21. The zero-order valence-electron chi connectivity index (χ0n) is 10.6. The first-order chi connectivity index (χ1) is 9.09. The van der Waals surface area contributed by atoms with Gasteiger partial charge in [-0.1, -0.05) is 0 Å². The summed E-state index contributed by atoms with van der Waals surface area (Å²) in [5.74, 6) is -0.145. The minimum Gasteiger partial charge on any atom is -0.397 e. The highest BCUT2D eigenvalue weighted by molar-refractivity contribution is 7.21. The van der Waals surface area contributed by atoms with Crippen molar-refractivity contribution in [2.24, 2.45) is 0 Å². The number of nitrogens with two attached hydrogens (primary N) is 1. The zero-order valence-corrected chi connectivity index (χ0v) is 11.4. The third-order valence-electron chi connectivity index (χ3n) is 3.35. The third-order valence-corrected chi connectivity index (χ3v) is 4.47. The van der Waals surface area contributed by atoms with Crippen molar-refractivity contribution in [2.75, 3.05) is 18.9 Å². The summed E-state index contributed by atoms with van der Waals surface area (Å²) in [5, 5.41) is 3.85. The molecule has 3 N–H and O–H groups in total. The molecule has 3 rings (SSSR count). The van der Waals surface area contributed by atoms with Crippen LogP contribution in [-0.4, -0.2) is 29.6 Å². The standard InChI is InChI=1S/C13H15N3O2S/c1-13(4-6-18-7-13)16-11(17)10-9(14)8-3-2-5-15-12(8)19-10/h2-3,5H,4,6-7,14H2,1H3,(H,16,17). The van der Waals surface area contributed by atoms with Gasteiger partial charge in [-0.3, -0.25) is 4.79 Å². The van der Waals surface area contributed by atoms with E-state index in [2.05, 4.69) is 10.3 Å². The number of anilines is 1. The molecular weight excluding hydrogens is 262 g/mol. The molecule has 1 aliphatic rings. The Hall–Kier alpha value is -1.66. The van der Waals surface area contributed by atoms with Crippen LogP contribution in [0.4, 0.5) is 5.69 Å². The van der Waals surface area contributed by atoms with Crippen molar-refractivity contribution in [1.29, 1.82) is 0 Å². The van der Waals surface area contributed by atoms with Gasteiger partial charge in [0.1, 0.15) is 9.71 Å². The van der Waals surface area contributed by atoms with Crippen LogP contribution >= 0.6 is 11.3 Å². The van der Waals surface area contributed by atoms with Crippen molar-refractivity contribution in [3.05, 3.63) is 23.2 Å². The smallest absolute Gasteiger partial charge is 0.264 e. The van der Waals surface area contributed by atoms with Gasteiger partial charge in [0.15, 0.2) is 0 Å². The minimum absolute atomic E-state index is 0.145. The van der Waals surface area contributed by atoms with Gasteiger partial charge in [-0.25, -0.2) is 4.98 Å². The van der Waals surface area contributed by atoms with Crippen LogP contribution in [0, 0.1) is 0 Å². The van der Waals surface area contributed by atoms with E-state index in [1.807, 2.05) is 19.1 Å². The van der Waals surface area contributed by atoms with Crippen molar-refractivity contribution in [3.8, 4) is 0 Å². The molecule has 0 spiro atoms. The first-order valence-electron chi connectivity index (χ1n) is 6.12. The molecule has 0 aliphatic carbocycles. The van der Waals surface area contributed by atoms with Crippen LogP contribution in [-0.2, 0) is 4.74 Å². The van der Waals surface area contributed by atoms with Gasteiger partial charge >= 0.3 is 0 Å². The maximum Gasteiger partial charge on any atom is 0.264 e. The van der Waals surface area contributed by atoms with E-state index in [0.717, 1.165) is 16.6 Å². The normalized spacial score (nSPS) is 22.8. The van der Waals surface area contributed by atoms with Crippen molar-refractivity contribution in [1.82, 2.24) is 10.3 Å². The van der Waals surface area contributed by atoms with Crippen LogP contribution in [0.5, 0.6) is 0 Å². The lowest BCUT2D eigenvalue weighted by molar-refractivity contribution is 0.0895. The molecular formula is C13H15N3O2S. The molecule has 3 heterocycles. The second kappa shape index (κ2) is 4.47. The van der Waals surface area contributed by atoms with Gasteiger partial charge in [0.2, 0.25) is 0 Å². The summed E-state index contributed by atoms with van der Waals surface area (Å²) in [4.78, 5) is 17.9. The Morgan fingerprint density at radius 1 is 1.63 bits per heavy atom. The number of fused-ring (bicyclic) bond motifs is 1. The number of carbonyl (C=O) groups excluding carboxylic acids is 1. The summed E-state index contributed by atoms with van der Waals surface area (Å²) in [5.41, 5.74) is 6.24. The Labute approximate surface area is 114 Å². The van der Waals surface area contributed by atoms with Crippen LogP contribution in [0.15, 0.2) is 18.3 Å². The highest BCUT2D eigenvalue weighted by atomic mass is 32.1. The number of carbonyl (C=O) groups is 1. The van der Waals surface area contributed by atoms with E-state index in [4.69, 9.17) is 10.5 Å². The Kier molecular flexibility index (Phi) is 2.91. The summed E-state index contributed by atoms with van der Waals surface area (Å²) in [7, 11) is 0. The molecule has 0 radical (unpaired) electrons. The maximum absolute atomic E-state index is 12.3. The van der Waals surface area contributed by atoms with Crippen molar-refractivity contribution in [3.63, 3.8) is 0 Å². The topological polar surface area (TPSA) is 77.2 Å². The molecule has 1 amide bonds. The number of amides is 1. The quantitative estimate of drug-likeness (QED) is 0.877. The molecule has 1 aliphatic heterocycles. The first-order valence-corrected chi connectivity index (χ1v) is 6.94. The Morgan fingerprint density at radius 3 is 3.16 bits per heavy atom. The van der Waals surface area contributed by atoms with E-state index < -0.39 is 0 Å². The molecule has 100 valence electrons. The number of nitrogens with zero attached hydrogens (tertiary/aromatic N) is 1. The maximum atomic E-state index is 12.3. The average Bonchev–Trinajstić information content (AvgIpc) is 2.95. The summed E-state index contributed by atoms with van der Waals surface area (Å²) in [6, 6.07) is 3.70. The highest BCUT2D eigenvalue weighted by Gasteiger charge is 2.32. The van der Waals surface area contributed by atoms with Crippen LogP contribution in [0.1, 0.15) is 23.0 Å². The zero-order chi connectivity index (χ0) is 13.5. The number of pyridine rings is 1. The Bertz CT molecular complexity index is 632. The van der Waals surface area contributed by atoms with Crippen LogP contribution < -0.4 is 11.1 Å². The number of ether oxygens (including phenoxy) is 1. The predicted octanol–water partition coefficient (Wildman–Crippen LogP) is 1.79. The fourth-order valence-corrected chi connectivity index (χ4v) is 3.17. The van der Waals surface area contributed by atoms with E-state index in [1.165, 1.54) is 11.3 Å². The van der Waals surface area contributed by atoms with Gasteiger partial charge in [0.25, 0.3) is 5.91 Å². The number of rotatable bonds is 2. The lowest BCUT2D eigenvalue weighted by Gasteiger charge is -2.23. The number of aromatic nitrogens is 1. The third kappa shape index (κ3) is 2.17. The van der Waals surface area contributed by atoms with Crippen LogP contribution in [0.2, 0.25) is 0 Å². The second-order valence-corrected chi connectivity index (χ2v) is 6.02. The van der Waals surface area contributed by atoms with E-state index in [-0.39, 0.29) is 11.4 Å². The molecule has 0 saturated carbocycles. The largest absolute Gasteiger partial charge is 0.397 e. The molecule has 2 aromatic heterocycles. The number of nitrogen functional groups attached to an aromatic ring is 1. The van der Waals surface area contributed by atoms with Crippen LogP contribution in [0.25, 0.3) is 10.2 Å². The molecule has 5 nitrogen and oxygen atoms in total. The highest BCUT2D eigenvalue weighted by Crippen LogP contribution is 2.32. The molecule has 2 aromatic rings. The molecule has 6 heteroatoms. The first kappa shape index (κ1) is 12.4. The minimum atomic E-state index is -0.298. The van der Waals surface area contributed by atoms with E-state index in [0.29, 0.717) is 23.8 Å². The van der Waals surface area contributed by atoms with Gasteiger partial charge in [-0.2, -0.15) is 0 Å². The van der Waals surface area contributed by atoms with Gasteiger partial charge < -0.3 is 15.8 Å². The average molecular weight is 277 g/mol. The SMILES string of the molecule is CC1(NC(=O)c2sc3ncccc3c2N)CCOC1. The summed E-state index contributed by atoms with van der Waals surface area (Å²) >= 11 is 1.33. The second-order valence-electron chi connectivity index (χ2n) is 5.02. The monoisotopic (exact) mass is 277 g/mol. The van der Waals surface area contributed by atoms with Gasteiger partial charge in [0, 0.05) is 18.2 Å². The van der Waals surface area contributed by atoms with Gasteiger partial charge in [0.05, 0.1) is 17.8 Å². The van der Waals surface area contributed by atoms with E-state index in [9.17, 15) is 4.79 Å². The van der Waals surface area contributed by atoms with Crippen LogP contribution in [0.3, 0.4) is 0 Å². The number of hydrogen-bond acceptors (Lipinski definition) is 5. The Balaban J connectivity index is 1.91.